The summed E-state index contributed by atoms with van der Waals surface area (Å²) in [5.74, 6) is 1.35. The van der Waals surface area contributed by atoms with Gasteiger partial charge in [-0.25, -0.2) is 4.98 Å². The van der Waals surface area contributed by atoms with Crippen LogP contribution < -0.4 is 4.90 Å². The quantitative estimate of drug-likeness (QED) is 0.428. The van der Waals surface area contributed by atoms with Gasteiger partial charge in [0.15, 0.2) is 11.6 Å². The Morgan fingerprint density at radius 1 is 1.14 bits per heavy atom. The smallest absolute Gasteiger partial charge is 0.166 e. The minimum absolute atomic E-state index is 0.0106. The molecule has 1 atom stereocenters. The van der Waals surface area contributed by atoms with E-state index in [0.29, 0.717) is 12.2 Å². The van der Waals surface area contributed by atoms with E-state index in [0.717, 1.165) is 51.4 Å². The Morgan fingerprint density at radius 2 is 1.86 bits per heavy atom. The molecule has 1 fully saturated rings. The molecule has 1 aliphatic rings. The minimum atomic E-state index is -0.0106. The Labute approximate surface area is 169 Å². The molecule has 6 heteroatoms. The number of hydrogen-bond donors (Lipinski definition) is 0. The number of anilines is 1. The van der Waals surface area contributed by atoms with Crippen LogP contribution >= 0.6 is 0 Å². The predicted octanol–water partition coefficient (Wildman–Crippen LogP) is 3.06. The number of ketones is 2. The average molecular weight is 390 g/mol. The second kappa shape index (κ2) is 11.3. The highest BCUT2D eigenvalue weighted by Crippen LogP contribution is 2.16. The molecule has 0 amide bonds. The van der Waals surface area contributed by atoms with Gasteiger partial charge in [-0.3, -0.25) is 14.5 Å². The van der Waals surface area contributed by atoms with Gasteiger partial charge in [-0.2, -0.15) is 0 Å². The maximum Gasteiger partial charge on any atom is 0.166 e. The fourth-order valence-electron chi connectivity index (χ4n) is 3.36. The van der Waals surface area contributed by atoms with Crippen LogP contribution in [0.25, 0.3) is 0 Å². The number of pyridine rings is 1. The SMILES string of the molecule is CCCC(C)C(=O)COCCN1CCN(c2ccc(C(=O)C(C)C)cn2)CC1. The monoisotopic (exact) mass is 389 g/mol. The summed E-state index contributed by atoms with van der Waals surface area (Å²) in [4.78, 5) is 33.0. The van der Waals surface area contributed by atoms with Crippen molar-refractivity contribution in [1.29, 1.82) is 0 Å². The number of Topliss-reactive ketones (excluding diaryl/α,β-unsaturated/α-hetero) is 2. The lowest BCUT2D eigenvalue weighted by atomic mass is 10.0. The largest absolute Gasteiger partial charge is 0.372 e. The standard InChI is InChI=1S/C22H35N3O3/c1-5-6-18(4)20(26)16-28-14-13-24-9-11-25(12-10-24)21-8-7-19(15-23-21)22(27)17(2)3/h7-8,15,17-18H,5-6,9-14,16H2,1-4H3. The molecule has 1 unspecified atom stereocenters. The average Bonchev–Trinajstić information content (AvgIpc) is 2.71. The van der Waals surface area contributed by atoms with Gasteiger partial charge in [-0.05, 0) is 18.6 Å². The number of ether oxygens (including phenoxy) is 1. The maximum atomic E-state index is 12.0. The summed E-state index contributed by atoms with van der Waals surface area (Å²) in [6.45, 7) is 13.2. The molecule has 0 aromatic carbocycles. The number of piperazine rings is 1. The van der Waals surface area contributed by atoms with Gasteiger partial charge in [0.1, 0.15) is 12.4 Å². The summed E-state index contributed by atoms with van der Waals surface area (Å²) in [5.41, 5.74) is 0.678. The Kier molecular flexibility index (Phi) is 9.06. The number of carbonyl (C=O) groups is 2. The first-order chi connectivity index (χ1) is 13.4. The number of aromatic nitrogens is 1. The van der Waals surface area contributed by atoms with Crippen molar-refractivity contribution in [3.63, 3.8) is 0 Å². The van der Waals surface area contributed by atoms with Crippen LogP contribution in [0.4, 0.5) is 5.82 Å². The lowest BCUT2D eigenvalue weighted by Crippen LogP contribution is -2.47. The van der Waals surface area contributed by atoms with Crippen LogP contribution in [0.3, 0.4) is 0 Å². The lowest BCUT2D eigenvalue weighted by molar-refractivity contribution is -0.127. The highest BCUT2D eigenvalue weighted by Gasteiger charge is 2.19. The van der Waals surface area contributed by atoms with Gasteiger partial charge in [-0.15, -0.1) is 0 Å². The third-order valence-electron chi connectivity index (χ3n) is 5.32. The first-order valence-electron chi connectivity index (χ1n) is 10.5. The van der Waals surface area contributed by atoms with Crippen LogP contribution in [0.2, 0.25) is 0 Å². The molecule has 0 radical (unpaired) electrons. The molecule has 28 heavy (non-hydrogen) atoms. The molecular formula is C22H35N3O3. The Bertz CT molecular complexity index is 622. The number of carbonyl (C=O) groups excluding carboxylic acids is 2. The number of nitrogens with zero attached hydrogens (tertiary/aromatic N) is 3. The highest BCUT2D eigenvalue weighted by atomic mass is 16.5. The van der Waals surface area contributed by atoms with Crippen molar-refractivity contribution in [3.05, 3.63) is 23.9 Å². The van der Waals surface area contributed by atoms with Crippen molar-refractivity contribution in [2.75, 3.05) is 50.8 Å². The van der Waals surface area contributed by atoms with E-state index in [2.05, 4.69) is 21.7 Å². The van der Waals surface area contributed by atoms with Crippen LogP contribution in [0.5, 0.6) is 0 Å². The van der Waals surface area contributed by atoms with Crippen LogP contribution in [-0.2, 0) is 9.53 Å². The fourth-order valence-corrected chi connectivity index (χ4v) is 3.36. The summed E-state index contributed by atoms with van der Waals surface area (Å²) in [7, 11) is 0. The number of hydrogen-bond acceptors (Lipinski definition) is 6. The van der Waals surface area contributed by atoms with Crippen LogP contribution in [0.1, 0.15) is 50.9 Å². The Balaban J connectivity index is 1.68. The van der Waals surface area contributed by atoms with E-state index in [1.807, 2.05) is 32.9 Å². The van der Waals surface area contributed by atoms with Crippen molar-refractivity contribution in [1.82, 2.24) is 9.88 Å². The molecule has 6 nitrogen and oxygen atoms in total. The van der Waals surface area contributed by atoms with Crippen LogP contribution in [0.15, 0.2) is 18.3 Å². The zero-order chi connectivity index (χ0) is 20.5. The first kappa shape index (κ1) is 22.5. The van der Waals surface area contributed by atoms with Crippen molar-refractivity contribution >= 4 is 17.4 Å². The zero-order valence-corrected chi connectivity index (χ0v) is 17.8. The molecule has 1 aromatic heterocycles. The second-order valence-electron chi connectivity index (χ2n) is 7.96. The number of rotatable bonds is 11. The van der Waals surface area contributed by atoms with E-state index >= 15 is 0 Å². The normalized spacial score (nSPS) is 16.4. The molecule has 0 saturated carbocycles. The van der Waals surface area contributed by atoms with Gasteiger partial charge >= 0.3 is 0 Å². The molecule has 2 rings (SSSR count). The van der Waals surface area contributed by atoms with Gasteiger partial charge in [-0.1, -0.05) is 34.1 Å². The van der Waals surface area contributed by atoms with Crippen molar-refractivity contribution in [2.45, 2.75) is 40.5 Å². The van der Waals surface area contributed by atoms with E-state index in [-0.39, 0.29) is 30.0 Å². The van der Waals surface area contributed by atoms with E-state index in [1.165, 1.54) is 0 Å². The summed E-state index contributed by atoms with van der Waals surface area (Å²) < 4.78 is 5.58. The van der Waals surface area contributed by atoms with E-state index in [9.17, 15) is 9.59 Å². The molecule has 1 saturated heterocycles. The molecular weight excluding hydrogens is 354 g/mol. The zero-order valence-electron chi connectivity index (χ0n) is 17.8. The fraction of sp³-hybridized carbons (Fsp3) is 0.682. The topological polar surface area (TPSA) is 62.7 Å². The minimum Gasteiger partial charge on any atom is -0.372 e. The molecule has 1 aliphatic heterocycles. The third kappa shape index (κ3) is 6.67. The van der Waals surface area contributed by atoms with Gasteiger partial charge in [0.05, 0.1) is 6.61 Å². The molecule has 1 aromatic rings. The third-order valence-corrected chi connectivity index (χ3v) is 5.32. The summed E-state index contributed by atoms with van der Waals surface area (Å²) >= 11 is 0. The molecule has 0 bridgehead atoms. The maximum absolute atomic E-state index is 12.0. The molecule has 0 spiro atoms. The lowest BCUT2D eigenvalue weighted by Gasteiger charge is -2.35. The Hall–Kier alpha value is -1.79. The summed E-state index contributed by atoms with van der Waals surface area (Å²) in [6, 6.07) is 3.82. The van der Waals surface area contributed by atoms with Crippen LogP contribution in [0, 0.1) is 11.8 Å². The molecule has 0 aliphatic carbocycles. The van der Waals surface area contributed by atoms with Gasteiger partial charge < -0.3 is 9.64 Å². The molecule has 2 heterocycles. The van der Waals surface area contributed by atoms with Crippen molar-refractivity contribution < 1.29 is 14.3 Å². The van der Waals surface area contributed by atoms with Gasteiger partial charge in [0, 0.05) is 56.3 Å². The first-order valence-corrected chi connectivity index (χ1v) is 10.5. The highest BCUT2D eigenvalue weighted by molar-refractivity contribution is 5.97. The van der Waals surface area contributed by atoms with Gasteiger partial charge in [0.25, 0.3) is 0 Å². The summed E-state index contributed by atoms with van der Waals surface area (Å²) in [5, 5.41) is 0. The van der Waals surface area contributed by atoms with E-state index in [4.69, 9.17) is 4.74 Å². The second-order valence-corrected chi connectivity index (χ2v) is 7.96. The Morgan fingerprint density at radius 3 is 2.43 bits per heavy atom. The molecule has 0 N–H and O–H groups in total. The van der Waals surface area contributed by atoms with E-state index in [1.54, 1.807) is 6.20 Å². The van der Waals surface area contributed by atoms with Crippen LogP contribution in [-0.4, -0.2) is 67.4 Å². The van der Waals surface area contributed by atoms with Crippen molar-refractivity contribution in [3.8, 4) is 0 Å². The summed E-state index contributed by atoms with van der Waals surface area (Å²) in [6.07, 6.45) is 3.65. The predicted molar refractivity (Wildman–Crippen MR) is 112 cm³/mol. The van der Waals surface area contributed by atoms with Crippen molar-refractivity contribution in [2.24, 2.45) is 11.8 Å². The van der Waals surface area contributed by atoms with E-state index < -0.39 is 0 Å². The van der Waals surface area contributed by atoms with Gasteiger partial charge in [0.2, 0.25) is 0 Å². The molecule has 156 valence electrons.